The van der Waals surface area contributed by atoms with Crippen LogP contribution in [-0.4, -0.2) is 43.8 Å². The number of pyridine rings is 1. The second-order valence-corrected chi connectivity index (χ2v) is 11.2. The van der Waals surface area contributed by atoms with Gasteiger partial charge in [0.1, 0.15) is 0 Å². The number of hydrogen-bond donors (Lipinski definition) is 1. The standard InChI is InChI=1S/C28H32N4O2S/c1-17(2)32-27-24(16-29-32)23(15-25(30-27)22-14-18(3)35-19(22)4)28(34)31-12-10-21(11-13-31)26(33)20-8-6-5-7-9-20/h5-9,14-17,21,26,33H,10-13H2,1-4H3/t26-/m0/s1. The number of thiophene rings is 1. The van der Waals surface area contributed by atoms with Gasteiger partial charge in [0.15, 0.2) is 5.65 Å². The molecular formula is C28H32N4O2S. The first kappa shape index (κ1) is 23.7. The third-order valence-corrected chi connectivity index (χ3v) is 7.98. The first-order valence-corrected chi connectivity index (χ1v) is 13.1. The van der Waals surface area contributed by atoms with Crippen molar-refractivity contribution >= 4 is 28.3 Å². The van der Waals surface area contributed by atoms with E-state index in [0.717, 1.165) is 40.7 Å². The first-order valence-electron chi connectivity index (χ1n) is 12.3. The average Bonchev–Trinajstić information content (AvgIpc) is 3.45. The summed E-state index contributed by atoms with van der Waals surface area (Å²) < 4.78 is 1.90. The van der Waals surface area contributed by atoms with Gasteiger partial charge in [-0.15, -0.1) is 11.3 Å². The highest BCUT2D eigenvalue weighted by atomic mass is 32.1. The smallest absolute Gasteiger partial charge is 0.254 e. The molecule has 0 unspecified atom stereocenters. The lowest BCUT2D eigenvalue weighted by molar-refractivity contribution is 0.0463. The van der Waals surface area contributed by atoms with Crippen molar-refractivity contribution in [2.24, 2.45) is 5.92 Å². The molecule has 7 heteroatoms. The highest BCUT2D eigenvalue weighted by molar-refractivity contribution is 7.12. The molecule has 1 aliphatic heterocycles. The Labute approximate surface area is 210 Å². The van der Waals surface area contributed by atoms with E-state index >= 15 is 0 Å². The lowest BCUT2D eigenvalue weighted by Gasteiger charge is -2.34. The molecule has 3 aromatic heterocycles. The van der Waals surface area contributed by atoms with Crippen molar-refractivity contribution in [1.29, 1.82) is 0 Å². The highest BCUT2D eigenvalue weighted by Gasteiger charge is 2.30. The molecule has 1 N–H and O–H groups in total. The molecule has 182 valence electrons. The van der Waals surface area contributed by atoms with Crippen molar-refractivity contribution in [2.45, 2.75) is 52.7 Å². The van der Waals surface area contributed by atoms with E-state index in [0.29, 0.717) is 18.7 Å². The summed E-state index contributed by atoms with van der Waals surface area (Å²) in [5.74, 6) is 0.161. The number of carbonyl (C=O) groups is 1. The number of fused-ring (bicyclic) bond motifs is 1. The number of rotatable bonds is 5. The van der Waals surface area contributed by atoms with Gasteiger partial charge in [0.2, 0.25) is 0 Å². The number of hydrogen-bond acceptors (Lipinski definition) is 5. The molecule has 4 heterocycles. The largest absolute Gasteiger partial charge is 0.388 e. The summed E-state index contributed by atoms with van der Waals surface area (Å²) in [6, 6.07) is 14.0. The number of aliphatic hydroxyl groups is 1. The van der Waals surface area contributed by atoms with E-state index in [9.17, 15) is 9.90 Å². The Kier molecular flexibility index (Phi) is 6.47. The number of amides is 1. The van der Waals surface area contributed by atoms with Crippen LogP contribution in [0.15, 0.2) is 48.7 Å². The van der Waals surface area contributed by atoms with Gasteiger partial charge >= 0.3 is 0 Å². The molecule has 0 spiro atoms. The Bertz CT molecular complexity index is 1350. The number of aryl methyl sites for hydroxylation is 2. The van der Waals surface area contributed by atoms with E-state index in [1.165, 1.54) is 9.75 Å². The van der Waals surface area contributed by atoms with Gasteiger partial charge in [0, 0.05) is 34.4 Å². The lowest BCUT2D eigenvalue weighted by Crippen LogP contribution is -2.39. The van der Waals surface area contributed by atoms with Gasteiger partial charge in [-0.25, -0.2) is 9.67 Å². The van der Waals surface area contributed by atoms with Gasteiger partial charge in [0.25, 0.3) is 5.91 Å². The third-order valence-electron chi connectivity index (χ3n) is 7.02. The summed E-state index contributed by atoms with van der Waals surface area (Å²) >= 11 is 1.74. The van der Waals surface area contributed by atoms with Crippen LogP contribution < -0.4 is 0 Å². The van der Waals surface area contributed by atoms with Crippen molar-refractivity contribution < 1.29 is 9.90 Å². The number of benzene rings is 1. The quantitative estimate of drug-likeness (QED) is 0.377. The van der Waals surface area contributed by atoms with Crippen LogP contribution in [0.5, 0.6) is 0 Å². The van der Waals surface area contributed by atoms with Crippen LogP contribution in [0.2, 0.25) is 0 Å². The molecule has 1 aromatic carbocycles. The molecule has 1 amide bonds. The SMILES string of the molecule is Cc1cc(-c2cc(C(=O)N3CCC([C@@H](O)c4ccccc4)CC3)c3cnn(C(C)C)c3n2)c(C)s1. The number of aliphatic hydroxyl groups excluding tert-OH is 1. The number of carbonyl (C=O) groups excluding carboxylic acids is 1. The van der Waals surface area contributed by atoms with E-state index in [1.807, 2.05) is 46.0 Å². The molecule has 0 aliphatic carbocycles. The van der Waals surface area contributed by atoms with Gasteiger partial charge in [0.05, 0.1) is 28.9 Å². The molecule has 4 aromatic rings. The topological polar surface area (TPSA) is 71.2 Å². The van der Waals surface area contributed by atoms with Crippen LogP contribution in [0.1, 0.15) is 64.5 Å². The third kappa shape index (κ3) is 4.50. The Balaban J connectivity index is 1.45. The van der Waals surface area contributed by atoms with Crippen molar-refractivity contribution in [2.75, 3.05) is 13.1 Å². The molecule has 0 bridgehead atoms. The Morgan fingerprint density at radius 3 is 2.46 bits per heavy atom. The summed E-state index contributed by atoms with van der Waals surface area (Å²) in [5.41, 5.74) is 4.24. The highest BCUT2D eigenvalue weighted by Crippen LogP contribution is 2.35. The molecule has 1 aliphatic rings. The minimum Gasteiger partial charge on any atom is -0.388 e. The van der Waals surface area contributed by atoms with Crippen LogP contribution in [0.3, 0.4) is 0 Å². The average molecular weight is 489 g/mol. The van der Waals surface area contributed by atoms with Crippen LogP contribution in [0.25, 0.3) is 22.3 Å². The summed E-state index contributed by atoms with van der Waals surface area (Å²) in [7, 11) is 0. The zero-order valence-corrected chi connectivity index (χ0v) is 21.5. The fourth-order valence-corrected chi connectivity index (χ4v) is 6.04. The van der Waals surface area contributed by atoms with Crippen LogP contribution in [0, 0.1) is 19.8 Å². The maximum atomic E-state index is 13.8. The Hall–Kier alpha value is -3.03. The fraction of sp³-hybridized carbons (Fsp3) is 0.393. The molecule has 1 atom stereocenters. The van der Waals surface area contributed by atoms with E-state index in [2.05, 4.69) is 38.9 Å². The van der Waals surface area contributed by atoms with E-state index in [-0.39, 0.29) is 17.9 Å². The second-order valence-electron chi connectivity index (χ2n) is 9.79. The summed E-state index contributed by atoms with van der Waals surface area (Å²) in [6.07, 6.45) is 2.83. The van der Waals surface area contributed by atoms with Crippen molar-refractivity contribution in [3.63, 3.8) is 0 Å². The van der Waals surface area contributed by atoms with Crippen molar-refractivity contribution in [1.82, 2.24) is 19.7 Å². The van der Waals surface area contributed by atoms with Crippen molar-refractivity contribution in [3.05, 3.63) is 69.5 Å². The minimum absolute atomic E-state index is 0.0132. The molecule has 35 heavy (non-hydrogen) atoms. The first-order chi connectivity index (χ1) is 16.8. The van der Waals surface area contributed by atoms with E-state index in [4.69, 9.17) is 4.98 Å². The molecule has 6 nitrogen and oxygen atoms in total. The Morgan fingerprint density at radius 2 is 1.83 bits per heavy atom. The number of piperidine rings is 1. The maximum Gasteiger partial charge on any atom is 0.254 e. The molecule has 0 saturated carbocycles. The van der Waals surface area contributed by atoms with Gasteiger partial charge in [-0.1, -0.05) is 30.3 Å². The minimum atomic E-state index is -0.498. The number of nitrogens with zero attached hydrogens (tertiary/aromatic N) is 4. The van der Waals surface area contributed by atoms with Gasteiger partial charge in [-0.05, 0) is 64.2 Å². The predicted molar refractivity (Wildman–Crippen MR) is 141 cm³/mol. The molecule has 1 fully saturated rings. The van der Waals surface area contributed by atoms with Gasteiger partial charge < -0.3 is 10.0 Å². The monoisotopic (exact) mass is 488 g/mol. The maximum absolute atomic E-state index is 13.8. The summed E-state index contributed by atoms with van der Waals surface area (Å²) in [5, 5.41) is 16.2. The molecule has 5 rings (SSSR count). The van der Waals surface area contributed by atoms with Gasteiger partial charge in [-0.2, -0.15) is 5.10 Å². The second kappa shape index (κ2) is 9.55. The molecule has 1 saturated heterocycles. The van der Waals surface area contributed by atoms with E-state index < -0.39 is 6.10 Å². The molecular weight excluding hydrogens is 456 g/mol. The zero-order chi connectivity index (χ0) is 24.7. The van der Waals surface area contributed by atoms with Crippen LogP contribution in [0.4, 0.5) is 0 Å². The molecule has 0 radical (unpaired) electrons. The fourth-order valence-electron chi connectivity index (χ4n) is 5.11. The van der Waals surface area contributed by atoms with Crippen LogP contribution in [-0.2, 0) is 0 Å². The van der Waals surface area contributed by atoms with Crippen LogP contribution >= 0.6 is 11.3 Å². The predicted octanol–water partition coefficient (Wildman–Crippen LogP) is 5.94. The zero-order valence-electron chi connectivity index (χ0n) is 20.7. The number of likely N-dealkylation sites (tertiary alicyclic amines) is 1. The van der Waals surface area contributed by atoms with Gasteiger partial charge in [-0.3, -0.25) is 4.79 Å². The Morgan fingerprint density at radius 1 is 1.11 bits per heavy atom. The number of aromatic nitrogens is 3. The summed E-state index contributed by atoms with van der Waals surface area (Å²) in [4.78, 5) is 23.1. The van der Waals surface area contributed by atoms with E-state index in [1.54, 1.807) is 17.5 Å². The normalized spacial score (nSPS) is 15.8. The van der Waals surface area contributed by atoms with Crippen molar-refractivity contribution in [3.8, 4) is 11.3 Å². The summed E-state index contributed by atoms with van der Waals surface area (Å²) in [6.45, 7) is 9.60. The lowest BCUT2D eigenvalue weighted by atomic mass is 9.87.